The van der Waals surface area contributed by atoms with Crippen LogP contribution in [-0.4, -0.2) is 341 Å². The zero-order valence-electron chi connectivity index (χ0n) is 79.1. The van der Waals surface area contributed by atoms with Gasteiger partial charge in [0.2, 0.25) is 5.95 Å². The Hall–Kier alpha value is -8.07. The van der Waals surface area contributed by atoms with Gasteiger partial charge in [0.25, 0.3) is 11.1 Å². The lowest BCUT2D eigenvalue weighted by Gasteiger charge is -2.29. The maximum Gasteiger partial charge on any atom is 0.472 e. The number of phosphoric ester groups is 2. The van der Waals surface area contributed by atoms with Crippen LogP contribution in [0.15, 0.2) is 74.2 Å². The molecular formula is C76H110N23O39P5S3. The Bertz CT molecular complexity index is 6640. The molecule has 0 radical (unpaired) electrons. The Kier molecular flexibility index (Phi) is 37.0. The van der Waals surface area contributed by atoms with Crippen LogP contribution in [0.3, 0.4) is 0 Å². The fourth-order valence-electron chi connectivity index (χ4n) is 16.8. The highest BCUT2D eigenvalue weighted by Gasteiger charge is 2.59. The molecule has 62 nitrogen and oxygen atoms in total. The molecule has 6 saturated heterocycles. The van der Waals surface area contributed by atoms with Crippen LogP contribution < -0.4 is 56.9 Å². The van der Waals surface area contributed by atoms with Crippen molar-refractivity contribution in [1.29, 1.82) is 0 Å². The second-order valence-electron chi connectivity index (χ2n) is 33.4. The molecular weight excluding hydrogens is 2110 g/mol. The van der Waals surface area contributed by atoms with Gasteiger partial charge in [0.05, 0.1) is 130 Å². The van der Waals surface area contributed by atoms with Crippen molar-refractivity contribution in [3.63, 3.8) is 0 Å². The Balaban J connectivity index is 0.718. The number of rotatable bonds is 52. The van der Waals surface area contributed by atoms with E-state index in [0.717, 1.165) is 26.4 Å². The van der Waals surface area contributed by atoms with E-state index in [0.29, 0.717) is 12.1 Å². The van der Waals surface area contributed by atoms with E-state index >= 15 is 18.3 Å². The monoisotopic (exact) mass is 2220 g/mol. The number of aliphatic hydroxyl groups excluding tert-OH is 1. The third kappa shape index (κ3) is 25.9. The van der Waals surface area contributed by atoms with Crippen LogP contribution >= 0.6 is 72.8 Å². The van der Waals surface area contributed by atoms with E-state index in [-0.39, 0.29) is 140 Å². The van der Waals surface area contributed by atoms with E-state index < -0.39 is 245 Å². The molecule has 9 aromatic rings. The second-order valence-corrected chi connectivity index (χ2v) is 44.8. The van der Waals surface area contributed by atoms with Gasteiger partial charge in [-0.05, 0) is 27.2 Å². The molecule has 70 heteroatoms. The lowest BCUT2D eigenvalue weighted by atomic mass is 10.1. The molecule has 15 N–H and O–H groups in total. The fraction of sp³-hybridized carbons (Fsp3) is 0.645. The average molecular weight is 2220 g/mol. The number of fused-ring (bicyclic) bond motifs is 3. The van der Waals surface area contributed by atoms with Crippen LogP contribution in [0.2, 0.25) is 0 Å². The SMILES string of the molecule is CC[C@H]1O[C@@H](n2cnc3c(N)ncnc32)CC1OP(=O)(S)OC[C@H]1O[C@@H](n2cnc3c(=O)[nH]c(N)nc32)[C@@H](OCCOC)C1OP(=O)(O)OC[C@H]1O[C@@H](n2cc(C)c(N)nc2=O)[C@@H](OCCOC)C1OP(=O)(O)OC[C@H]1O[C@@H](n2cc(C)c(N)nc2=O)[C@@H](OCCOC)C1OP(=O)(S)OC[C@H]1O[C@@H](n2cnc3c(N)ncnc32)[C@@H](OCCOC)C1OP(=O)(S)OC[C@H]1O[C@@H](n2cc(C)c(=O)[nH]c2=O)[C@@H](OCCOC)C1O. The van der Waals surface area contributed by atoms with Gasteiger partial charge in [0.1, 0.15) is 133 Å². The van der Waals surface area contributed by atoms with Gasteiger partial charge in [-0.2, -0.15) is 15.0 Å². The maximum absolute atomic E-state index is 15.6. The number of nitrogens with zero attached hydrogens (tertiary/aromatic N) is 16. The first-order valence-corrected chi connectivity index (χ1v) is 55.7. The van der Waals surface area contributed by atoms with Gasteiger partial charge in [-0.15, -0.1) is 0 Å². The minimum Gasteiger partial charge on any atom is -0.387 e. The van der Waals surface area contributed by atoms with Crippen LogP contribution in [0, 0.1) is 20.8 Å². The highest BCUT2D eigenvalue weighted by atomic mass is 32.7. The summed E-state index contributed by atoms with van der Waals surface area (Å²) < 4.78 is 240. The summed E-state index contributed by atoms with van der Waals surface area (Å²) in [6.45, 7) is -16.0. The summed E-state index contributed by atoms with van der Waals surface area (Å²) >= 11 is 13.2. The molecule has 0 amide bonds. The molecule has 0 saturated carbocycles. The topological polar surface area (TPSA) is 792 Å². The minimum absolute atomic E-state index is 0.0177. The molecule has 0 spiro atoms. The van der Waals surface area contributed by atoms with Crippen molar-refractivity contribution in [3.8, 4) is 0 Å². The minimum atomic E-state index is -5.95. The van der Waals surface area contributed by atoms with Crippen LogP contribution in [0.4, 0.5) is 29.2 Å². The molecule has 6 aliphatic heterocycles. The lowest BCUT2D eigenvalue weighted by molar-refractivity contribution is -0.0850. The van der Waals surface area contributed by atoms with Crippen LogP contribution in [0.25, 0.3) is 33.5 Å². The first kappa shape index (κ1) is 112. The molecule has 0 aliphatic carbocycles. The highest BCUT2D eigenvalue weighted by Crippen LogP contribution is 2.62. The van der Waals surface area contributed by atoms with Gasteiger partial charge in [0.15, 0.2) is 65.2 Å². The summed E-state index contributed by atoms with van der Waals surface area (Å²) in [5, 5.41) is 11.8. The smallest absolute Gasteiger partial charge is 0.387 e. The number of thiol groups is 3. The van der Waals surface area contributed by atoms with Gasteiger partial charge < -0.3 is 119 Å². The summed E-state index contributed by atoms with van der Waals surface area (Å²) in [6, 6.07) is 0. The molecule has 146 heavy (non-hydrogen) atoms. The van der Waals surface area contributed by atoms with E-state index in [2.05, 4.69) is 96.6 Å². The van der Waals surface area contributed by atoms with E-state index in [9.17, 15) is 43.4 Å². The number of phosphoric acid groups is 2. The van der Waals surface area contributed by atoms with E-state index in [1.54, 1.807) is 11.5 Å². The number of nitrogens with one attached hydrogen (secondary N) is 2. The van der Waals surface area contributed by atoms with Gasteiger partial charge in [-0.25, -0.2) is 72.1 Å². The third-order valence-corrected chi connectivity index (χ3v) is 30.6. The normalized spacial score (nSPS) is 29.1. The first-order chi connectivity index (χ1) is 69.6. The number of nitrogens with two attached hydrogens (primary N) is 5. The summed E-state index contributed by atoms with van der Waals surface area (Å²) in [6.07, 6.45) is -26.9. The molecule has 806 valence electrons. The number of ether oxygens (including phenoxy) is 16. The highest BCUT2D eigenvalue weighted by molar-refractivity contribution is 8.45. The molecule has 6 fully saturated rings. The molecule has 28 atom stereocenters. The summed E-state index contributed by atoms with van der Waals surface area (Å²) in [4.78, 5) is 139. The molecule has 15 heterocycles. The van der Waals surface area contributed by atoms with Gasteiger partial charge in [0, 0.05) is 77.3 Å². The zero-order valence-corrected chi connectivity index (χ0v) is 86.2. The summed E-state index contributed by atoms with van der Waals surface area (Å²) in [5.41, 5.74) is 26.7. The predicted molar refractivity (Wildman–Crippen MR) is 509 cm³/mol. The Morgan fingerprint density at radius 3 is 1.19 bits per heavy atom. The molecule has 11 unspecified atom stereocenters. The quantitative estimate of drug-likeness (QED) is 0.0142. The number of aryl methyl sites for hydroxylation is 3. The molecule has 0 aromatic carbocycles. The first-order valence-electron chi connectivity index (χ1n) is 44.6. The Labute approximate surface area is 841 Å². The number of methoxy groups -OCH3 is 5. The van der Waals surface area contributed by atoms with E-state index in [4.69, 9.17) is 150 Å². The number of aromatic amines is 2. The lowest BCUT2D eigenvalue weighted by Crippen LogP contribution is -2.41. The van der Waals surface area contributed by atoms with Crippen molar-refractivity contribution in [1.82, 2.24) is 87.2 Å². The number of hydrogen-bond donors (Lipinski definition) is 13. The number of anilines is 5. The van der Waals surface area contributed by atoms with Gasteiger partial charge in [-0.1, -0.05) is 43.7 Å². The average Bonchev–Trinajstić information content (AvgIpc) is 1.61. The Morgan fingerprint density at radius 2 is 0.753 bits per heavy atom. The number of aliphatic hydroxyl groups is 1. The van der Waals surface area contributed by atoms with Crippen LogP contribution in [-0.2, 0) is 144 Å². The number of H-pyrrole nitrogens is 2. The summed E-state index contributed by atoms with van der Waals surface area (Å²) in [7, 11) is -5.09. The predicted octanol–water partition coefficient (Wildman–Crippen LogP) is 0.727. The van der Waals surface area contributed by atoms with Crippen molar-refractivity contribution in [2.24, 2.45) is 0 Å². The van der Waals surface area contributed by atoms with Crippen molar-refractivity contribution in [3.05, 3.63) is 119 Å². The van der Waals surface area contributed by atoms with Crippen molar-refractivity contribution in [2.75, 3.05) is 163 Å². The van der Waals surface area contributed by atoms with Crippen LogP contribution in [0.1, 0.15) is 73.8 Å². The number of hydrogen-bond acceptors (Lipinski definition) is 52. The van der Waals surface area contributed by atoms with E-state index in [1.165, 1.54) is 103 Å². The molecule has 15 rings (SSSR count). The Morgan fingerprint density at radius 1 is 0.390 bits per heavy atom. The number of nitrogen functional groups attached to an aromatic ring is 5. The number of aromatic nitrogens is 18. The van der Waals surface area contributed by atoms with Crippen molar-refractivity contribution >= 4 is 135 Å². The maximum atomic E-state index is 15.6. The standard InChI is InChI=1S/C76H110N23O39P5S3/c1-10-38-39(21-45(128-38)97-32-86-46-61(79)82-30-84-63(46)97)134-141(110,144)126-28-43-51(56(120-18-13-115-7)72(132-43)99-34-88-48-65(99)91-73(81)92-67(48)102)136-139(106,107)123-26-41-50(55(119-17-12-114-6)69(130-41)94-22-35(2)59(77)89-74(94)103)135-140(108,109)124-27-42-52(57(121-19-14-116-8)70(131-42)95-23-36(3)60(78)90-75(95)104)137-143(112,146)127-29-44-53(58(122-20-15-117-9)71(133-44)98-33-87-47-62(80)83-31-85-64(47)98)138-142(111,145)125-25-40-49(100)54(118-16-11-113-5)68(129-40)96-24-37(4)66(101)93-76(96)105/h22-24,30-34,38-45,49-58,68-72,100H,10-21,25-29H2,1-9H3,(H,106,107)(H,108,109)(H,110,144)(H,111,145)(H,112,146)(H2,77,89,103)(H2,78,90,104)(H2,79,82,84)(H2,80,83,85)(H,93,101,105)(H3,81,91,92,102)/t38-,39?,40-,41-,42-,43-,44-,45-,49?,50?,51?,52?,53?,54+,55+,56+,57+,58+,68-,69-,70-,71-,72-,141?,142?,143?/m1/s1. The third-order valence-electron chi connectivity index (χ3n) is 23.7. The summed E-state index contributed by atoms with van der Waals surface area (Å²) in [5.74, 6) is -0.827. The zero-order chi connectivity index (χ0) is 105. The molecule has 0 bridgehead atoms. The molecule has 9 aromatic heterocycles. The number of imidazole rings is 3. The van der Waals surface area contributed by atoms with Crippen molar-refractivity contribution < 1.29 is 159 Å². The van der Waals surface area contributed by atoms with Crippen molar-refractivity contribution in [2.45, 2.75) is 182 Å². The molecule has 6 aliphatic rings. The second kappa shape index (κ2) is 48.3. The van der Waals surface area contributed by atoms with Gasteiger partial charge in [-0.3, -0.25) is 92.2 Å². The fourth-order valence-corrected chi connectivity index (χ4v) is 23.2. The van der Waals surface area contributed by atoms with E-state index in [1.807, 2.05) is 0 Å². The van der Waals surface area contributed by atoms with Gasteiger partial charge >= 0.3 is 53.1 Å². The largest absolute Gasteiger partial charge is 0.472 e. The van der Waals surface area contributed by atoms with Crippen LogP contribution in [0.5, 0.6) is 0 Å².